The summed E-state index contributed by atoms with van der Waals surface area (Å²) >= 11 is 0. The number of urea groups is 1. The van der Waals surface area contributed by atoms with Crippen LogP contribution in [0.3, 0.4) is 0 Å². The number of benzene rings is 1. The number of amides is 2. The Morgan fingerprint density at radius 2 is 1.83 bits per heavy atom. The molecule has 2 saturated heterocycles. The number of hydrogen-bond donors (Lipinski definition) is 2. The van der Waals surface area contributed by atoms with Gasteiger partial charge in [-0.2, -0.15) is 0 Å². The second-order valence-corrected chi connectivity index (χ2v) is 9.36. The van der Waals surface area contributed by atoms with Gasteiger partial charge in [0, 0.05) is 26.2 Å². The minimum atomic E-state index is -0.742. The molecule has 6 heteroatoms. The molecule has 0 aromatic heterocycles. The van der Waals surface area contributed by atoms with Crippen LogP contribution in [-0.4, -0.2) is 53.1 Å². The lowest BCUT2D eigenvalue weighted by Gasteiger charge is -2.30. The van der Waals surface area contributed by atoms with E-state index in [4.69, 9.17) is 0 Å². The van der Waals surface area contributed by atoms with Crippen LogP contribution in [0.4, 0.5) is 4.79 Å². The fraction of sp³-hybridized carbons (Fsp3) is 0.652. The van der Waals surface area contributed by atoms with Gasteiger partial charge in [-0.1, -0.05) is 37.6 Å². The number of carbonyl (C=O) groups excluding carboxylic acids is 1. The first kappa shape index (κ1) is 20.2. The quantitative estimate of drug-likeness (QED) is 0.797. The Morgan fingerprint density at radius 1 is 1.14 bits per heavy atom. The Morgan fingerprint density at radius 3 is 2.48 bits per heavy atom. The monoisotopic (exact) mass is 399 g/mol. The van der Waals surface area contributed by atoms with Crippen LogP contribution in [0.15, 0.2) is 24.3 Å². The Bertz CT molecular complexity index is 742. The van der Waals surface area contributed by atoms with Gasteiger partial charge in [0.1, 0.15) is 0 Å². The first-order chi connectivity index (χ1) is 14.0. The Kier molecular flexibility index (Phi) is 5.81. The third-order valence-corrected chi connectivity index (χ3v) is 7.33. The van der Waals surface area contributed by atoms with Crippen molar-refractivity contribution in [3.05, 3.63) is 35.4 Å². The maximum atomic E-state index is 12.6. The maximum Gasteiger partial charge on any atom is 0.317 e. The molecule has 0 radical (unpaired) electrons. The van der Waals surface area contributed by atoms with Gasteiger partial charge in [0.2, 0.25) is 0 Å². The summed E-state index contributed by atoms with van der Waals surface area (Å²) < 4.78 is 0. The number of carboxylic acids is 1. The molecule has 2 amide bonds. The zero-order chi connectivity index (χ0) is 20.4. The number of rotatable bonds is 5. The highest BCUT2D eigenvalue weighted by atomic mass is 16.4. The molecule has 2 aliphatic heterocycles. The van der Waals surface area contributed by atoms with Crippen LogP contribution in [0.5, 0.6) is 0 Å². The van der Waals surface area contributed by atoms with Crippen molar-refractivity contribution in [2.45, 2.75) is 52.1 Å². The fourth-order valence-electron chi connectivity index (χ4n) is 5.32. The van der Waals surface area contributed by atoms with Gasteiger partial charge in [0.15, 0.2) is 0 Å². The molecule has 3 aliphatic rings. The lowest BCUT2D eigenvalue weighted by atomic mass is 9.81. The van der Waals surface area contributed by atoms with E-state index in [1.54, 1.807) is 4.90 Å². The fourth-order valence-corrected chi connectivity index (χ4v) is 5.32. The van der Waals surface area contributed by atoms with E-state index >= 15 is 0 Å². The first-order valence-corrected chi connectivity index (χ1v) is 11.0. The largest absolute Gasteiger partial charge is 0.481 e. The van der Waals surface area contributed by atoms with E-state index in [2.05, 4.69) is 41.4 Å². The molecule has 158 valence electrons. The van der Waals surface area contributed by atoms with E-state index < -0.39 is 11.4 Å². The zero-order valence-electron chi connectivity index (χ0n) is 17.4. The highest BCUT2D eigenvalue weighted by Gasteiger charge is 2.55. The molecule has 3 fully saturated rings. The standard InChI is InChI=1S/C23H33N3O3/c1-17-8-11-25(12-9-17)14-19-6-4-18(5-7-19)13-24-22(29)26-15-20-3-2-10-23(20,16-26)21(27)28/h4-7,17,20H,2-3,8-16H2,1H3,(H,24,29)(H,27,28)/t20-,23+/m0/s1. The Labute approximate surface area is 173 Å². The van der Waals surface area contributed by atoms with E-state index in [9.17, 15) is 14.7 Å². The molecule has 6 nitrogen and oxygen atoms in total. The molecule has 1 aliphatic carbocycles. The van der Waals surface area contributed by atoms with Gasteiger partial charge in [0.05, 0.1) is 5.41 Å². The van der Waals surface area contributed by atoms with Crippen molar-refractivity contribution in [3.63, 3.8) is 0 Å². The van der Waals surface area contributed by atoms with Crippen LogP contribution >= 0.6 is 0 Å². The average molecular weight is 400 g/mol. The number of fused-ring (bicyclic) bond motifs is 1. The van der Waals surface area contributed by atoms with E-state index in [-0.39, 0.29) is 11.9 Å². The molecule has 2 N–H and O–H groups in total. The van der Waals surface area contributed by atoms with Crippen molar-refractivity contribution < 1.29 is 14.7 Å². The summed E-state index contributed by atoms with van der Waals surface area (Å²) in [6.45, 7) is 7.04. The van der Waals surface area contributed by atoms with Crippen LogP contribution in [0.2, 0.25) is 0 Å². The SMILES string of the molecule is CC1CCN(Cc2ccc(CNC(=O)N3C[C@@H]4CCC[C@@]4(C(=O)O)C3)cc2)CC1. The number of carbonyl (C=O) groups is 2. The van der Waals surface area contributed by atoms with E-state index in [0.29, 0.717) is 26.1 Å². The highest BCUT2D eigenvalue weighted by Crippen LogP contribution is 2.48. The molecule has 4 rings (SSSR count). The second-order valence-electron chi connectivity index (χ2n) is 9.36. The molecule has 1 saturated carbocycles. The van der Waals surface area contributed by atoms with Gasteiger partial charge in [-0.3, -0.25) is 9.69 Å². The third-order valence-electron chi connectivity index (χ3n) is 7.33. The summed E-state index contributed by atoms with van der Waals surface area (Å²) in [5.41, 5.74) is 1.66. The molecule has 1 aromatic carbocycles. The lowest BCUT2D eigenvalue weighted by Crippen LogP contribution is -2.41. The minimum absolute atomic E-state index is 0.0998. The second kappa shape index (κ2) is 8.34. The van der Waals surface area contributed by atoms with Crippen molar-refractivity contribution in [2.24, 2.45) is 17.3 Å². The van der Waals surface area contributed by atoms with Gasteiger partial charge in [-0.15, -0.1) is 0 Å². The number of piperidine rings is 1. The zero-order valence-corrected chi connectivity index (χ0v) is 17.4. The normalized spacial score (nSPS) is 27.8. The number of aliphatic carboxylic acids is 1. The Hall–Kier alpha value is -2.08. The number of likely N-dealkylation sites (tertiary alicyclic amines) is 2. The molecule has 0 bridgehead atoms. The van der Waals surface area contributed by atoms with Crippen molar-refractivity contribution in [1.82, 2.24) is 15.1 Å². The summed E-state index contributed by atoms with van der Waals surface area (Å²) in [6, 6.07) is 8.32. The van der Waals surface area contributed by atoms with E-state index in [1.165, 1.54) is 31.5 Å². The van der Waals surface area contributed by atoms with Gasteiger partial charge < -0.3 is 15.3 Å². The molecule has 0 spiro atoms. The molecule has 2 atom stereocenters. The minimum Gasteiger partial charge on any atom is -0.481 e. The van der Waals surface area contributed by atoms with Crippen molar-refractivity contribution in [2.75, 3.05) is 26.2 Å². The van der Waals surface area contributed by atoms with Gasteiger partial charge in [-0.25, -0.2) is 4.79 Å². The maximum absolute atomic E-state index is 12.6. The van der Waals surface area contributed by atoms with Crippen LogP contribution < -0.4 is 5.32 Å². The van der Waals surface area contributed by atoms with Gasteiger partial charge in [0.25, 0.3) is 0 Å². The van der Waals surface area contributed by atoms with Crippen LogP contribution in [0.25, 0.3) is 0 Å². The van der Waals surface area contributed by atoms with Crippen molar-refractivity contribution >= 4 is 12.0 Å². The summed E-state index contributed by atoms with van der Waals surface area (Å²) in [4.78, 5) is 28.6. The third kappa shape index (κ3) is 4.27. The summed E-state index contributed by atoms with van der Waals surface area (Å²) in [5, 5.41) is 12.7. The van der Waals surface area contributed by atoms with Crippen LogP contribution in [-0.2, 0) is 17.9 Å². The predicted octanol–water partition coefficient (Wildman–Crippen LogP) is 3.31. The van der Waals surface area contributed by atoms with E-state index in [0.717, 1.165) is 30.9 Å². The molecule has 0 unspecified atom stereocenters. The molecule has 29 heavy (non-hydrogen) atoms. The number of hydrogen-bond acceptors (Lipinski definition) is 3. The molecule has 1 aromatic rings. The topological polar surface area (TPSA) is 72.9 Å². The number of nitrogens with one attached hydrogen (secondary N) is 1. The van der Waals surface area contributed by atoms with Crippen LogP contribution in [0, 0.1) is 17.3 Å². The summed E-state index contributed by atoms with van der Waals surface area (Å²) in [7, 11) is 0. The first-order valence-electron chi connectivity index (χ1n) is 11.0. The lowest BCUT2D eigenvalue weighted by molar-refractivity contribution is -0.149. The summed E-state index contributed by atoms with van der Waals surface area (Å²) in [5.74, 6) is 0.203. The Balaban J connectivity index is 1.26. The predicted molar refractivity (Wildman–Crippen MR) is 111 cm³/mol. The molecule has 2 heterocycles. The smallest absolute Gasteiger partial charge is 0.317 e. The van der Waals surface area contributed by atoms with Crippen molar-refractivity contribution in [1.29, 1.82) is 0 Å². The molecular weight excluding hydrogens is 366 g/mol. The average Bonchev–Trinajstić information content (AvgIpc) is 3.28. The molecular formula is C23H33N3O3. The highest BCUT2D eigenvalue weighted by molar-refractivity contribution is 5.80. The van der Waals surface area contributed by atoms with Crippen molar-refractivity contribution in [3.8, 4) is 0 Å². The van der Waals surface area contributed by atoms with Crippen LogP contribution in [0.1, 0.15) is 50.2 Å². The van der Waals surface area contributed by atoms with Gasteiger partial charge >= 0.3 is 12.0 Å². The van der Waals surface area contributed by atoms with Gasteiger partial charge in [-0.05, 0) is 61.7 Å². The van der Waals surface area contributed by atoms with E-state index in [1.807, 2.05) is 0 Å². The summed E-state index contributed by atoms with van der Waals surface area (Å²) in [6.07, 6.45) is 5.12. The number of carboxylic acid groups (broad SMARTS) is 1. The number of nitrogens with zero attached hydrogens (tertiary/aromatic N) is 2.